The van der Waals surface area contributed by atoms with Crippen molar-refractivity contribution in [3.8, 4) is 6.07 Å². The monoisotopic (exact) mass is 361 g/mol. The van der Waals surface area contributed by atoms with Crippen LogP contribution >= 0.6 is 11.8 Å². The van der Waals surface area contributed by atoms with Crippen molar-refractivity contribution >= 4 is 28.9 Å². The summed E-state index contributed by atoms with van der Waals surface area (Å²) in [7, 11) is 1.91. The predicted octanol–water partition coefficient (Wildman–Crippen LogP) is 3.99. The average Bonchev–Trinajstić information content (AvgIpc) is 3.00. The van der Waals surface area contributed by atoms with E-state index in [-0.39, 0.29) is 17.9 Å². The summed E-state index contributed by atoms with van der Waals surface area (Å²) in [6, 6.07) is 18.4. The summed E-state index contributed by atoms with van der Waals surface area (Å²) >= 11 is 1.50. The van der Waals surface area contributed by atoms with Gasteiger partial charge in [-0.1, -0.05) is 42.1 Å². The van der Waals surface area contributed by atoms with E-state index >= 15 is 0 Å². The number of hydrogen-bond donors (Lipinski definition) is 0. The number of ketones is 1. The Kier molecular flexibility index (Phi) is 4.44. The summed E-state index contributed by atoms with van der Waals surface area (Å²) in [5.74, 6) is -0.119. The maximum Gasteiger partial charge on any atom is 0.195 e. The number of anilines is 2. The van der Waals surface area contributed by atoms with Gasteiger partial charge in [0.15, 0.2) is 5.78 Å². The van der Waals surface area contributed by atoms with E-state index < -0.39 is 0 Å². The standard InChI is InChI=1S/C21H19N3OS/c1-23-18-10-4-5-11-20(18)26-21(23)16(13-22)19(25)14-24-12-6-8-15-7-2-3-9-17(15)24/h2-5,7,9-11H,6,8,12,14H2,1H3/b21-16-. The summed E-state index contributed by atoms with van der Waals surface area (Å²) in [4.78, 5) is 18.1. The van der Waals surface area contributed by atoms with Crippen LogP contribution in [0.1, 0.15) is 12.0 Å². The first-order chi connectivity index (χ1) is 12.7. The second-order valence-electron chi connectivity index (χ2n) is 6.50. The second kappa shape index (κ2) is 6.89. The third-order valence-corrected chi connectivity index (χ3v) is 6.12. The minimum atomic E-state index is -0.119. The minimum Gasteiger partial charge on any atom is -0.364 e. The zero-order valence-corrected chi connectivity index (χ0v) is 15.4. The molecule has 0 saturated carbocycles. The number of carbonyl (C=O) groups is 1. The molecular weight excluding hydrogens is 342 g/mol. The van der Waals surface area contributed by atoms with Crippen LogP contribution in [-0.4, -0.2) is 25.9 Å². The molecule has 0 bridgehead atoms. The Bertz CT molecular complexity index is 944. The largest absolute Gasteiger partial charge is 0.364 e. The van der Waals surface area contributed by atoms with Gasteiger partial charge in [-0.25, -0.2) is 0 Å². The van der Waals surface area contributed by atoms with E-state index in [0.717, 1.165) is 40.7 Å². The Labute approximate surface area is 157 Å². The first-order valence-electron chi connectivity index (χ1n) is 8.70. The number of para-hydroxylation sites is 2. The number of thioether (sulfide) groups is 1. The van der Waals surface area contributed by atoms with E-state index in [0.29, 0.717) is 0 Å². The number of hydrogen-bond acceptors (Lipinski definition) is 5. The highest BCUT2D eigenvalue weighted by molar-refractivity contribution is 8.03. The molecule has 0 atom stereocenters. The molecule has 2 aromatic rings. The first kappa shape index (κ1) is 16.7. The van der Waals surface area contributed by atoms with Crippen LogP contribution < -0.4 is 9.80 Å². The molecule has 26 heavy (non-hydrogen) atoms. The highest BCUT2D eigenvalue weighted by Gasteiger charge is 2.29. The van der Waals surface area contributed by atoms with E-state index in [2.05, 4.69) is 23.1 Å². The topological polar surface area (TPSA) is 47.3 Å². The highest BCUT2D eigenvalue weighted by Crippen LogP contribution is 2.46. The van der Waals surface area contributed by atoms with Crippen molar-refractivity contribution in [1.29, 1.82) is 5.26 Å². The SMILES string of the molecule is CN1/C(=C(\C#N)C(=O)CN2CCCc3ccccc32)Sc2ccccc21. The van der Waals surface area contributed by atoms with Gasteiger partial charge in [0.25, 0.3) is 0 Å². The van der Waals surface area contributed by atoms with Crippen LogP contribution in [0.4, 0.5) is 11.4 Å². The lowest BCUT2D eigenvalue weighted by Gasteiger charge is -2.30. The number of nitrogens with zero attached hydrogens (tertiary/aromatic N) is 3. The lowest BCUT2D eigenvalue weighted by molar-refractivity contribution is -0.114. The molecule has 0 amide bonds. The Hall–Kier alpha value is -2.71. The molecule has 2 aromatic carbocycles. The predicted molar refractivity (Wildman–Crippen MR) is 105 cm³/mol. The molecule has 5 heteroatoms. The van der Waals surface area contributed by atoms with Gasteiger partial charge < -0.3 is 9.80 Å². The van der Waals surface area contributed by atoms with E-state index in [9.17, 15) is 10.1 Å². The fourth-order valence-electron chi connectivity index (χ4n) is 3.58. The molecule has 4 nitrogen and oxygen atoms in total. The highest BCUT2D eigenvalue weighted by atomic mass is 32.2. The Morgan fingerprint density at radius 1 is 1.15 bits per heavy atom. The van der Waals surface area contributed by atoms with Crippen molar-refractivity contribution in [2.24, 2.45) is 0 Å². The normalized spacial score (nSPS) is 17.4. The van der Waals surface area contributed by atoms with Crippen molar-refractivity contribution in [2.45, 2.75) is 17.7 Å². The van der Waals surface area contributed by atoms with Crippen LogP contribution in [0.15, 0.2) is 64.0 Å². The van der Waals surface area contributed by atoms with Crippen LogP contribution in [0.5, 0.6) is 0 Å². The molecule has 2 aliphatic rings. The van der Waals surface area contributed by atoms with Gasteiger partial charge in [-0.3, -0.25) is 4.79 Å². The van der Waals surface area contributed by atoms with Crippen molar-refractivity contribution in [1.82, 2.24) is 0 Å². The molecule has 2 heterocycles. The Morgan fingerprint density at radius 3 is 2.65 bits per heavy atom. The quantitative estimate of drug-likeness (QED) is 0.611. The fourth-order valence-corrected chi connectivity index (χ4v) is 4.74. The summed E-state index contributed by atoms with van der Waals surface area (Å²) in [5.41, 5.74) is 3.68. The minimum absolute atomic E-state index is 0.119. The van der Waals surface area contributed by atoms with Gasteiger partial charge in [0.2, 0.25) is 0 Å². The number of nitriles is 1. The lowest BCUT2D eigenvalue weighted by Crippen LogP contribution is -2.35. The van der Waals surface area contributed by atoms with Gasteiger partial charge in [0.1, 0.15) is 16.7 Å². The maximum atomic E-state index is 13.0. The molecule has 0 aromatic heterocycles. The number of rotatable bonds is 3. The van der Waals surface area contributed by atoms with E-state index in [1.807, 2.05) is 48.3 Å². The van der Waals surface area contributed by atoms with Crippen molar-refractivity contribution < 1.29 is 4.79 Å². The van der Waals surface area contributed by atoms with Crippen LogP contribution in [-0.2, 0) is 11.2 Å². The molecule has 0 aliphatic carbocycles. The van der Waals surface area contributed by atoms with Gasteiger partial charge in [-0.05, 0) is 36.6 Å². The molecule has 0 N–H and O–H groups in total. The van der Waals surface area contributed by atoms with Gasteiger partial charge in [0, 0.05) is 24.2 Å². The average molecular weight is 361 g/mol. The summed E-state index contributed by atoms with van der Waals surface area (Å²) in [6.07, 6.45) is 2.07. The van der Waals surface area contributed by atoms with Crippen molar-refractivity contribution in [3.63, 3.8) is 0 Å². The molecule has 2 aliphatic heterocycles. The fraction of sp³-hybridized carbons (Fsp3) is 0.238. The third kappa shape index (κ3) is 2.87. The Balaban J connectivity index is 1.61. The zero-order valence-electron chi connectivity index (χ0n) is 14.6. The van der Waals surface area contributed by atoms with E-state index in [4.69, 9.17) is 0 Å². The molecule has 0 fully saturated rings. The summed E-state index contributed by atoms with van der Waals surface area (Å²) in [5, 5.41) is 10.4. The summed E-state index contributed by atoms with van der Waals surface area (Å²) < 4.78 is 0. The van der Waals surface area contributed by atoms with Crippen LogP contribution in [0, 0.1) is 11.3 Å². The maximum absolute atomic E-state index is 13.0. The van der Waals surface area contributed by atoms with Crippen LogP contribution in [0.3, 0.4) is 0 Å². The Morgan fingerprint density at radius 2 is 1.88 bits per heavy atom. The number of carbonyl (C=O) groups excluding carboxylic acids is 1. The third-order valence-electron chi connectivity index (χ3n) is 4.88. The molecule has 0 spiro atoms. The van der Waals surface area contributed by atoms with E-state index in [1.165, 1.54) is 17.3 Å². The summed E-state index contributed by atoms with van der Waals surface area (Å²) in [6.45, 7) is 1.09. The van der Waals surface area contributed by atoms with Gasteiger partial charge in [-0.2, -0.15) is 5.26 Å². The van der Waals surface area contributed by atoms with Gasteiger partial charge in [0.05, 0.1) is 12.2 Å². The number of aryl methyl sites for hydroxylation is 1. The molecule has 0 unspecified atom stereocenters. The zero-order chi connectivity index (χ0) is 18.1. The molecular formula is C21H19N3OS. The number of Topliss-reactive ketones (excluding diaryl/α,β-unsaturated/α-hetero) is 1. The van der Waals surface area contributed by atoms with Crippen molar-refractivity contribution in [3.05, 3.63) is 64.7 Å². The smallest absolute Gasteiger partial charge is 0.195 e. The van der Waals surface area contributed by atoms with E-state index in [1.54, 1.807) is 0 Å². The van der Waals surface area contributed by atoms with Gasteiger partial charge in [-0.15, -0.1) is 0 Å². The molecule has 4 rings (SSSR count). The molecule has 0 radical (unpaired) electrons. The number of fused-ring (bicyclic) bond motifs is 2. The number of benzene rings is 2. The first-order valence-corrected chi connectivity index (χ1v) is 9.51. The molecule has 130 valence electrons. The second-order valence-corrected chi connectivity index (χ2v) is 7.53. The van der Waals surface area contributed by atoms with Crippen LogP contribution in [0.25, 0.3) is 0 Å². The molecule has 0 saturated heterocycles. The van der Waals surface area contributed by atoms with Gasteiger partial charge >= 0.3 is 0 Å². The van der Waals surface area contributed by atoms with Crippen LogP contribution in [0.2, 0.25) is 0 Å². The lowest BCUT2D eigenvalue weighted by atomic mass is 10.0. The van der Waals surface area contributed by atoms with Crippen molar-refractivity contribution in [2.75, 3.05) is 29.9 Å².